The Labute approximate surface area is 141 Å². The Morgan fingerprint density at radius 3 is 2.67 bits per heavy atom. The van der Waals surface area contributed by atoms with Crippen molar-refractivity contribution in [2.75, 3.05) is 19.6 Å². The Hall–Kier alpha value is -1.55. The monoisotopic (exact) mass is 357 g/mol. The quantitative estimate of drug-likeness (QED) is 0.555. The van der Waals surface area contributed by atoms with Crippen molar-refractivity contribution in [3.63, 3.8) is 0 Å². The number of β-amino-alcohol motifs (C(OH)–C–C–N with tert-alkyl or cyclic N) is 1. The molecule has 3 atom stereocenters. The fourth-order valence-electron chi connectivity index (χ4n) is 3.09. The van der Waals surface area contributed by atoms with Crippen molar-refractivity contribution in [2.24, 2.45) is 5.92 Å². The second-order valence-corrected chi connectivity index (χ2v) is 8.11. The zero-order valence-corrected chi connectivity index (χ0v) is 14.6. The van der Waals surface area contributed by atoms with Gasteiger partial charge < -0.3 is 5.11 Å². The van der Waals surface area contributed by atoms with E-state index in [0.29, 0.717) is 18.5 Å². The molecule has 1 aromatic rings. The summed E-state index contributed by atoms with van der Waals surface area (Å²) < 4.78 is 26.8. The first kappa shape index (κ1) is 18.8. The molecular formula is C15H23N3O5S. The summed E-state index contributed by atoms with van der Waals surface area (Å²) in [5, 5.41) is 21.1. The van der Waals surface area contributed by atoms with E-state index < -0.39 is 31.6 Å². The van der Waals surface area contributed by atoms with Crippen LogP contribution in [0.4, 0.5) is 5.69 Å². The van der Waals surface area contributed by atoms with Crippen LogP contribution in [0.5, 0.6) is 0 Å². The molecule has 2 unspecified atom stereocenters. The first-order valence-corrected chi connectivity index (χ1v) is 9.34. The topological polar surface area (TPSA) is 113 Å². The number of likely N-dealkylation sites (tertiary alicyclic amines) is 1. The molecule has 0 spiro atoms. The van der Waals surface area contributed by atoms with Crippen molar-refractivity contribution in [3.05, 3.63) is 34.4 Å². The normalized spacial score (nSPS) is 23.3. The Morgan fingerprint density at radius 1 is 1.42 bits per heavy atom. The maximum absolute atomic E-state index is 12.3. The lowest BCUT2D eigenvalue weighted by molar-refractivity contribution is -0.387. The average Bonchev–Trinajstić information content (AvgIpc) is 2.83. The number of sulfonamides is 1. The van der Waals surface area contributed by atoms with E-state index in [0.717, 1.165) is 19.0 Å². The van der Waals surface area contributed by atoms with Crippen molar-refractivity contribution in [2.45, 2.75) is 37.3 Å². The molecule has 1 fully saturated rings. The maximum Gasteiger partial charge on any atom is 0.289 e. The van der Waals surface area contributed by atoms with Crippen LogP contribution in [-0.4, -0.2) is 55.1 Å². The first-order valence-electron chi connectivity index (χ1n) is 7.86. The van der Waals surface area contributed by atoms with E-state index in [4.69, 9.17) is 0 Å². The smallest absolute Gasteiger partial charge is 0.289 e. The molecule has 2 N–H and O–H groups in total. The zero-order chi connectivity index (χ0) is 17.9. The number of nitro benzene ring substituents is 1. The van der Waals surface area contributed by atoms with Gasteiger partial charge in [0.1, 0.15) is 0 Å². The van der Waals surface area contributed by atoms with Gasteiger partial charge in [-0.2, -0.15) is 0 Å². The van der Waals surface area contributed by atoms with E-state index in [1.807, 2.05) is 0 Å². The number of nitrogens with zero attached hydrogens (tertiary/aromatic N) is 2. The molecule has 134 valence electrons. The van der Waals surface area contributed by atoms with Gasteiger partial charge in [0.2, 0.25) is 10.0 Å². The largest absolute Gasteiger partial charge is 0.390 e. The Balaban J connectivity index is 1.99. The molecule has 1 heterocycles. The first-order chi connectivity index (χ1) is 11.2. The second-order valence-electron chi connectivity index (χ2n) is 6.37. The summed E-state index contributed by atoms with van der Waals surface area (Å²) in [5.74, 6) is 0.552. The number of aliphatic hydroxyl groups excluding tert-OH is 1. The molecule has 1 aliphatic heterocycles. The van der Waals surface area contributed by atoms with Gasteiger partial charge in [0, 0.05) is 31.7 Å². The molecule has 0 radical (unpaired) electrons. The minimum Gasteiger partial charge on any atom is -0.390 e. The van der Waals surface area contributed by atoms with Crippen molar-refractivity contribution < 1.29 is 18.4 Å². The number of para-hydroxylation sites is 1. The minimum absolute atomic E-state index is 0.189. The molecule has 2 rings (SSSR count). The van der Waals surface area contributed by atoms with E-state index >= 15 is 0 Å². The van der Waals surface area contributed by atoms with Crippen LogP contribution in [0.1, 0.15) is 20.3 Å². The van der Waals surface area contributed by atoms with Gasteiger partial charge in [-0.25, -0.2) is 13.1 Å². The van der Waals surface area contributed by atoms with E-state index in [2.05, 4.69) is 23.5 Å². The van der Waals surface area contributed by atoms with Gasteiger partial charge >= 0.3 is 0 Å². The fourth-order valence-corrected chi connectivity index (χ4v) is 4.34. The SMILES string of the molecule is CC1CC(C)N(C[C@H](O)CNS(=O)(=O)c2ccccc2[N+](=O)[O-])C1. The lowest BCUT2D eigenvalue weighted by atomic mass is 10.1. The highest BCUT2D eigenvalue weighted by atomic mass is 32.2. The average molecular weight is 357 g/mol. The Kier molecular flexibility index (Phi) is 5.92. The Bertz CT molecular complexity index is 694. The molecule has 0 bridgehead atoms. The van der Waals surface area contributed by atoms with Crippen molar-refractivity contribution >= 4 is 15.7 Å². The van der Waals surface area contributed by atoms with Crippen LogP contribution in [0, 0.1) is 16.0 Å². The van der Waals surface area contributed by atoms with Crippen LogP contribution in [0.25, 0.3) is 0 Å². The Morgan fingerprint density at radius 2 is 2.08 bits per heavy atom. The number of nitro groups is 1. The highest BCUT2D eigenvalue weighted by Gasteiger charge is 2.29. The van der Waals surface area contributed by atoms with Crippen LogP contribution >= 0.6 is 0 Å². The highest BCUT2D eigenvalue weighted by Crippen LogP contribution is 2.23. The molecule has 24 heavy (non-hydrogen) atoms. The van der Waals surface area contributed by atoms with Crippen LogP contribution in [-0.2, 0) is 10.0 Å². The summed E-state index contributed by atoms with van der Waals surface area (Å²) in [6, 6.07) is 5.49. The predicted molar refractivity (Wildman–Crippen MR) is 89.1 cm³/mol. The van der Waals surface area contributed by atoms with Gasteiger partial charge in [-0.15, -0.1) is 0 Å². The summed E-state index contributed by atoms with van der Waals surface area (Å²) in [5.41, 5.74) is -0.485. The molecule has 8 nitrogen and oxygen atoms in total. The standard InChI is InChI=1S/C15H23N3O5S/c1-11-7-12(2)17(9-11)10-13(19)8-16-24(22,23)15-6-4-3-5-14(15)18(20)21/h3-6,11-13,16,19H,7-10H2,1-2H3/t11?,12?,13-/m1/s1. The summed E-state index contributed by atoms with van der Waals surface area (Å²) in [6.45, 7) is 5.26. The highest BCUT2D eigenvalue weighted by molar-refractivity contribution is 7.89. The van der Waals surface area contributed by atoms with Crippen molar-refractivity contribution in [3.8, 4) is 0 Å². The van der Waals surface area contributed by atoms with Crippen molar-refractivity contribution in [1.82, 2.24) is 9.62 Å². The number of benzene rings is 1. The van der Waals surface area contributed by atoms with Crippen LogP contribution in [0.2, 0.25) is 0 Å². The van der Waals surface area contributed by atoms with E-state index in [9.17, 15) is 23.6 Å². The van der Waals surface area contributed by atoms with Gasteiger partial charge in [0.05, 0.1) is 11.0 Å². The van der Waals surface area contributed by atoms with Crippen molar-refractivity contribution in [1.29, 1.82) is 0 Å². The molecule has 1 aromatic carbocycles. The number of rotatable bonds is 7. The third kappa shape index (κ3) is 4.50. The number of hydrogen-bond donors (Lipinski definition) is 2. The molecule has 0 aliphatic carbocycles. The molecular weight excluding hydrogens is 334 g/mol. The van der Waals surface area contributed by atoms with Crippen LogP contribution < -0.4 is 4.72 Å². The third-order valence-electron chi connectivity index (χ3n) is 4.22. The molecule has 0 saturated carbocycles. The van der Waals surface area contributed by atoms with E-state index in [1.165, 1.54) is 18.2 Å². The zero-order valence-electron chi connectivity index (χ0n) is 13.8. The second kappa shape index (κ2) is 7.56. The number of aliphatic hydroxyl groups is 1. The lowest BCUT2D eigenvalue weighted by Crippen LogP contribution is -2.41. The lowest BCUT2D eigenvalue weighted by Gasteiger charge is -2.24. The summed E-state index contributed by atoms with van der Waals surface area (Å²) >= 11 is 0. The van der Waals surface area contributed by atoms with E-state index in [-0.39, 0.29) is 6.54 Å². The predicted octanol–water partition coefficient (Wildman–Crippen LogP) is 0.964. The van der Waals surface area contributed by atoms with Gasteiger partial charge in [-0.05, 0) is 25.3 Å². The number of nitrogens with one attached hydrogen (secondary N) is 1. The minimum atomic E-state index is -4.06. The van der Waals surface area contributed by atoms with E-state index in [1.54, 1.807) is 0 Å². The summed E-state index contributed by atoms with van der Waals surface area (Å²) in [7, 11) is -4.06. The molecule has 1 aliphatic rings. The fraction of sp³-hybridized carbons (Fsp3) is 0.600. The van der Waals surface area contributed by atoms with Gasteiger partial charge in [0.15, 0.2) is 4.90 Å². The summed E-state index contributed by atoms with van der Waals surface area (Å²) in [4.78, 5) is 11.9. The van der Waals surface area contributed by atoms with Crippen LogP contribution in [0.15, 0.2) is 29.2 Å². The molecule has 1 saturated heterocycles. The molecule has 9 heteroatoms. The maximum atomic E-state index is 12.3. The number of hydrogen-bond acceptors (Lipinski definition) is 6. The summed E-state index contributed by atoms with van der Waals surface area (Å²) in [6.07, 6.45) is 0.171. The van der Waals surface area contributed by atoms with Gasteiger partial charge in [0.25, 0.3) is 5.69 Å². The van der Waals surface area contributed by atoms with Crippen LogP contribution in [0.3, 0.4) is 0 Å². The molecule has 0 amide bonds. The van der Waals surface area contributed by atoms with Gasteiger partial charge in [-0.1, -0.05) is 19.1 Å². The molecule has 0 aromatic heterocycles. The third-order valence-corrected chi connectivity index (χ3v) is 5.69. The van der Waals surface area contributed by atoms with Gasteiger partial charge in [-0.3, -0.25) is 15.0 Å².